The van der Waals surface area contributed by atoms with Gasteiger partial charge in [-0.1, -0.05) is 13.8 Å². The zero-order valence-corrected chi connectivity index (χ0v) is 18.9. The molecule has 9 atom stereocenters. The van der Waals surface area contributed by atoms with E-state index in [1.54, 1.807) is 12.3 Å². The Kier molecular flexibility index (Phi) is 4.17. The van der Waals surface area contributed by atoms with Gasteiger partial charge in [0.2, 0.25) is 0 Å². The van der Waals surface area contributed by atoms with Crippen molar-refractivity contribution in [3.8, 4) is 0 Å². The SMILES string of the molecule is CC(=O)O[C@@H]1CC[C@@]2(C)[C@@H](CC[C@@H]3[C@@H]2CC[C@]2(C)[C@@H](c4ccc(=O)oc4)C[C@@H]4O[C@]432)C1. The van der Waals surface area contributed by atoms with Crippen LogP contribution >= 0.6 is 0 Å². The first-order chi connectivity index (χ1) is 14.8. The molecule has 2 heterocycles. The number of epoxide rings is 1. The van der Waals surface area contributed by atoms with Gasteiger partial charge in [-0.2, -0.15) is 0 Å². The van der Waals surface area contributed by atoms with Crippen LogP contribution in [0.25, 0.3) is 0 Å². The van der Waals surface area contributed by atoms with Gasteiger partial charge in [0.15, 0.2) is 0 Å². The van der Waals surface area contributed by atoms with E-state index in [1.165, 1.54) is 32.6 Å². The molecule has 5 aliphatic rings. The molecule has 0 radical (unpaired) electrons. The second kappa shape index (κ2) is 6.46. The van der Waals surface area contributed by atoms with Gasteiger partial charge >= 0.3 is 11.6 Å². The summed E-state index contributed by atoms with van der Waals surface area (Å²) in [5.41, 5.74) is 1.32. The van der Waals surface area contributed by atoms with Crippen molar-refractivity contribution in [3.63, 3.8) is 0 Å². The Labute approximate surface area is 183 Å². The first-order valence-corrected chi connectivity index (χ1v) is 12.2. The van der Waals surface area contributed by atoms with Crippen LogP contribution < -0.4 is 5.63 Å². The Balaban J connectivity index is 1.28. The van der Waals surface area contributed by atoms with Gasteiger partial charge in [0.05, 0.1) is 12.4 Å². The lowest BCUT2D eigenvalue weighted by molar-refractivity contribution is -0.162. The maximum Gasteiger partial charge on any atom is 0.335 e. The number of carbonyl (C=O) groups is 1. The molecule has 0 aromatic carbocycles. The quantitative estimate of drug-likeness (QED) is 0.500. The second-order valence-electron chi connectivity index (χ2n) is 11.5. The maximum atomic E-state index is 11.5. The molecule has 1 aromatic rings. The summed E-state index contributed by atoms with van der Waals surface area (Å²) in [7, 11) is 0. The van der Waals surface area contributed by atoms with Gasteiger partial charge in [0.1, 0.15) is 11.7 Å². The Hall–Kier alpha value is -1.62. The first-order valence-electron chi connectivity index (χ1n) is 12.2. The summed E-state index contributed by atoms with van der Waals surface area (Å²) in [6.45, 7) is 6.50. The molecule has 4 aliphatic carbocycles. The van der Waals surface area contributed by atoms with Crippen LogP contribution in [0.5, 0.6) is 0 Å². The molecule has 0 unspecified atom stereocenters. The van der Waals surface area contributed by atoms with Crippen molar-refractivity contribution < 1.29 is 18.7 Å². The third-order valence-corrected chi connectivity index (χ3v) is 10.5. The first kappa shape index (κ1) is 20.0. The minimum absolute atomic E-state index is 0.00255. The highest BCUT2D eigenvalue weighted by molar-refractivity contribution is 5.66. The summed E-state index contributed by atoms with van der Waals surface area (Å²) in [5, 5.41) is 0. The van der Waals surface area contributed by atoms with Crippen LogP contribution in [0.2, 0.25) is 0 Å². The van der Waals surface area contributed by atoms with Crippen LogP contribution in [0.1, 0.15) is 83.6 Å². The number of hydrogen-bond donors (Lipinski definition) is 0. The molecule has 5 fully saturated rings. The predicted molar refractivity (Wildman–Crippen MR) is 114 cm³/mol. The van der Waals surface area contributed by atoms with Gasteiger partial charge in [-0.05, 0) is 92.1 Å². The highest BCUT2D eigenvalue weighted by atomic mass is 16.6. The third-order valence-electron chi connectivity index (χ3n) is 10.5. The highest BCUT2D eigenvalue weighted by Crippen LogP contribution is 2.77. The number of hydrogen-bond acceptors (Lipinski definition) is 5. The lowest BCUT2D eigenvalue weighted by Crippen LogP contribution is -2.58. The van der Waals surface area contributed by atoms with E-state index in [2.05, 4.69) is 13.8 Å². The molecule has 0 N–H and O–H groups in total. The molecule has 6 rings (SSSR count). The largest absolute Gasteiger partial charge is 0.463 e. The number of carbonyl (C=O) groups excluding carboxylic acids is 1. The molecule has 0 amide bonds. The fourth-order valence-corrected chi connectivity index (χ4v) is 9.06. The number of ether oxygens (including phenoxy) is 2. The van der Waals surface area contributed by atoms with Crippen LogP contribution in [0.15, 0.2) is 27.6 Å². The van der Waals surface area contributed by atoms with E-state index in [4.69, 9.17) is 13.9 Å². The van der Waals surface area contributed by atoms with E-state index in [0.29, 0.717) is 35.2 Å². The van der Waals surface area contributed by atoms with Crippen molar-refractivity contribution in [2.45, 2.75) is 95.9 Å². The molecule has 0 bridgehead atoms. The lowest BCUT2D eigenvalue weighted by atomic mass is 9.44. The fourth-order valence-electron chi connectivity index (χ4n) is 9.06. The van der Waals surface area contributed by atoms with E-state index in [-0.39, 0.29) is 28.7 Å². The molecule has 5 nitrogen and oxygen atoms in total. The summed E-state index contributed by atoms with van der Waals surface area (Å²) in [4.78, 5) is 23.0. The fraction of sp³-hybridized carbons (Fsp3) is 0.769. The van der Waals surface area contributed by atoms with Crippen LogP contribution in [0.4, 0.5) is 0 Å². The molecular weight excluding hydrogens is 392 g/mol. The molecule has 1 aromatic heterocycles. The second-order valence-corrected chi connectivity index (χ2v) is 11.5. The Morgan fingerprint density at radius 3 is 2.65 bits per heavy atom. The van der Waals surface area contributed by atoms with E-state index in [0.717, 1.165) is 31.2 Å². The molecule has 1 saturated heterocycles. The monoisotopic (exact) mass is 426 g/mol. The minimum Gasteiger partial charge on any atom is -0.463 e. The zero-order valence-electron chi connectivity index (χ0n) is 18.9. The summed E-state index contributed by atoms with van der Waals surface area (Å²) in [6.07, 6.45) is 11.2. The molecule has 5 heteroatoms. The van der Waals surface area contributed by atoms with E-state index < -0.39 is 0 Å². The Morgan fingerprint density at radius 2 is 1.90 bits per heavy atom. The molecule has 4 saturated carbocycles. The van der Waals surface area contributed by atoms with Gasteiger partial charge < -0.3 is 13.9 Å². The van der Waals surface area contributed by atoms with Gasteiger partial charge in [0.25, 0.3) is 0 Å². The Morgan fingerprint density at radius 1 is 1.06 bits per heavy atom. The minimum atomic E-state index is -0.276. The summed E-state index contributed by atoms with van der Waals surface area (Å²) >= 11 is 0. The Bertz CT molecular complexity index is 948. The normalized spacial score (nSPS) is 49.9. The molecule has 31 heavy (non-hydrogen) atoms. The van der Waals surface area contributed by atoms with Crippen LogP contribution in [0.3, 0.4) is 0 Å². The van der Waals surface area contributed by atoms with E-state index >= 15 is 0 Å². The average molecular weight is 427 g/mol. The molecule has 1 spiro atoms. The van der Waals surface area contributed by atoms with E-state index in [1.807, 2.05) is 6.07 Å². The number of fused-ring (bicyclic) bond motifs is 3. The van der Waals surface area contributed by atoms with Crippen LogP contribution in [-0.2, 0) is 14.3 Å². The summed E-state index contributed by atoms with van der Waals surface area (Å²) in [6, 6.07) is 3.54. The van der Waals surface area contributed by atoms with E-state index in [9.17, 15) is 9.59 Å². The lowest BCUT2D eigenvalue weighted by Gasteiger charge is -2.61. The van der Waals surface area contributed by atoms with Gasteiger partial charge in [-0.15, -0.1) is 0 Å². The van der Waals surface area contributed by atoms with Gasteiger partial charge in [0, 0.05) is 18.4 Å². The third kappa shape index (κ3) is 2.59. The molecule has 168 valence electrons. The molecular formula is C26H34O5. The average Bonchev–Trinajstić information content (AvgIpc) is 3.39. The number of rotatable bonds is 2. The molecule has 1 aliphatic heterocycles. The predicted octanol–water partition coefficient (Wildman–Crippen LogP) is 4.83. The van der Waals surface area contributed by atoms with Crippen LogP contribution in [-0.4, -0.2) is 23.8 Å². The van der Waals surface area contributed by atoms with Gasteiger partial charge in [-0.25, -0.2) is 4.79 Å². The van der Waals surface area contributed by atoms with Crippen molar-refractivity contribution >= 4 is 5.97 Å². The highest BCUT2D eigenvalue weighted by Gasteiger charge is 2.80. The van der Waals surface area contributed by atoms with Crippen molar-refractivity contribution in [2.24, 2.45) is 28.6 Å². The smallest absolute Gasteiger partial charge is 0.335 e. The van der Waals surface area contributed by atoms with Crippen molar-refractivity contribution in [3.05, 3.63) is 34.4 Å². The summed E-state index contributed by atoms with van der Waals surface area (Å²) in [5.74, 6) is 2.21. The van der Waals surface area contributed by atoms with Gasteiger partial charge in [-0.3, -0.25) is 4.79 Å². The maximum absolute atomic E-state index is 11.5. The summed E-state index contributed by atoms with van der Waals surface area (Å²) < 4.78 is 17.5. The zero-order chi connectivity index (χ0) is 21.6. The number of esters is 1. The van der Waals surface area contributed by atoms with Crippen LogP contribution in [0, 0.1) is 28.6 Å². The van der Waals surface area contributed by atoms with Crippen molar-refractivity contribution in [1.29, 1.82) is 0 Å². The van der Waals surface area contributed by atoms with Crippen molar-refractivity contribution in [1.82, 2.24) is 0 Å². The van der Waals surface area contributed by atoms with Crippen molar-refractivity contribution in [2.75, 3.05) is 0 Å². The topological polar surface area (TPSA) is 69.0 Å². The standard InChI is InChI=1S/C26H34O5/c1-15(27)30-18-8-10-24(2)17(12-18)5-6-20-19(24)9-11-25(3)21(13-22-26(20,25)31-22)16-4-7-23(28)29-14-16/h4,7,14,17-22H,5-6,8-13H2,1-3H3/t17-,18+,19-,20+,21+,22-,24-,25+,26-/m0/s1.